The Balaban J connectivity index is 1.55. The lowest BCUT2D eigenvalue weighted by molar-refractivity contribution is -0.163. The topological polar surface area (TPSA) is 97.3 Å². The van der Waals surface area contributed by atoms with Crippen LogP contribution in [0.25, 0.3) is 0 Å². The van der Waals surface area contributed by atoms with Crippen molar-refractivity contribution in [3.63, 3.8) is 0 Å². The molecule has 2 amide bonds. The second-order valence-electron chi connectivity index (χ2n) is 11.7. The molecule has 1 aliphatic heterocycles. The fraction of sp³-hybridized carbons (Fsp3) is 0.371. The van der Waals surface area contributed by atoms with Crippen molar-refractivity contribution in [3.8, 4) is 0 Å². The molecule has 1 fully saturated rings. The highest BCUT2D eigenvalue weighted by Gasteiger charge is 2.37. The molecule has 0 aliphatic carbocycles. The number of nitrogens with one attached hydrogen (secondary N) is 1. The van der Waals surface area contributed by atoms with Crippen LogP contribution >= 0.6 is 0 Å². The van der Waals surface area contributed by atoms with Gasteiger partial charge in [0.25, 0.3) is 5.91 Å². The zero-order valence-electron chi connectivity index (χ0n) is 25.2. The highest BCUT2D eigenvalue weighted by Crippen LogP contribution is 2.23. The highest BCUT2D eigenvalue weighted by molar-refractivity contribution is 6.00. The van der Waals surface area contributed by atoms with Gasteiger partial charge in [0.2, 0.25) is 5.91 Å². The average Bonchev–Trinajstić information content (AvgIpc) is 3.50. The Morgan fingerprint density at radius 1 is 0.884 bits per heavy atom. The van der Waals surface area contributed by atoms with Crippen molar-refractivity contribution < 1.29 is 24.0 Å². The van der Waals surface area contributed by atoms with Crippen molar-refractivity contribution in [2.45, 2.75) is 77.2 Å². The fourth-order valence-corrected chi connectivity index (χ4v) is 5.04. The molecule has 226 valence electrons. The summed E-state index contributed by atoms with van der Waals surface area (Å²) in [5, 5.41) is 7.63. The molecule has 0 unspecified atom stereocenters. The van der Waals surface area contributed by atoms with E-state index in [0.29, 0.717) is 30.7 Å². The first-order chi connectivity index (χ1) is 20.7. The van der Waals surface area contributed by atoms with Crippen molar-refractivity contribution in [1.82, 2.24) is 10.2 Å². The lowest BCUT2D eigenvalue weighted by Crippen LogP contribution is -2.45. The first kappa shape index (κ1) is 31.5. The number of carbonyl (C=O) groups is 3. The lowest BCUT2D eigenvalue weighted by Gasteiger charge is -2.28. The Kier molecular flexibility index (Phi) is 11.1. The summed E-state index contributed by atoms with van der Waals surface area (Å²) >= 11 is 0. The van der Waals surface area contributed by atoms with Gasteiger partial charge in [-0.2, -0.15) is 0 Å². The van der Waals surface area contributed by atoms with Crippen LogP contribution in [0.5, 0.6) is 0 Å². The Morgan fingerprint density at radius 2 is 1.49 bits per heavy atom. The minimum absolute atomic E-state index is 0.110. The molecule has 2 atom stereocenters. The molecule has 3 aromatic carbocycles. The van der Waals surface area contributed by atoms with E-state index in [-0.39, 0.29) is 37.2 Å². The van der Waals surface area contributed by atoms with E-state index in [0.717, 1.165) is 17.5 Å². The number of rotatable bonds is 12. The van der Waals surface area contributed by atoms with Crippen LogP contribution in [0.2, 0.25) is 0 Å². The zero-order chi connectivity index (χ0) is 30.7. The third-order valence-corrected chi connectivity index (χ3v) is 7.13. The normalized spacial score (nSPS) is 15.9. The molecular formula is C35H41N3O5. The molecule has 0 bridgehead atoms. The number of oxime groups is 1. The molecule has 0 spiro atoms. The SMILES string of the molecule is CC(C)(C)OC(=O)[C@@H]1CCCN1C(=O)CCC(=NOCc1ccccc1)[C@@H](Cc1ccccc1)NC(=O)c1ccccc1. The molecule has 4 rings (SSSR count). The van der Waals surface area contributed by atoms with Gasteiger partial charge in [-0.3, -0.25) is 9.59 Å². The third kappa shape index (κ3) is 9.81. The van der Waals surface area contributed by atoms with Crippen LogP contribution in [0.4, 0.5) is 0 Å². The number of likely N-dealkylation sites (tertiary alicyclic amines) is 1. The van der Waals surface area contributed by atoms with E-state index in [1.165, 1.54) is 0 Å². The monoisotopic (exact) mass is 583 g/mol. The molecule has 0 radical (unpaired) electrons. The molecule has 8 nitrogen and oxygen atoms in total. The standard InChI is InChI=1S/C35H41N3O5/c1-35(2,3)43-34(41)31-20-13-23-38(31)32(39)22-21-29(37-42-25-27-16-9-5-10-17-27)30(24-26-14-7-4-8-15-26)36-33(40)28-18-11-6-12-19-28/h4-12,14-19,30-31H,13,20-25H2,1-3H3,(H,36,40)/t30-,31+/m1/s1. The summed E-state index contributed by atoms with van der Waals surface area (Å²) < 4.78 is 5.59. The van der Waals surface area contributed by atoms with Crippen LogP contribution < -0.4 is 5.32 Å². The van der Waals surface area contributed by atoms with Gasteiger partial charge in [-0.15, -0.1) is 0 Å². The number of carbonyl (C=O) groups excluding carboxylic acids is 3. The van der Waals surface area contributed by atoms with Crippen LogP contribution in [-0.4, -0.2) is 52.6 Å². The zero-order valence-corrected chi connectivity index (χ0v) is 25.2. The third-order valence-electron chi connectivity index (χ3n) is 7.13. The maximum absolute atomic E-state index is 13.5. The summed E-state index contributed by atoms with van der Waals surface area (Å²) in [6.07, 6.45) is 2.13. The van der Waals surface area contributed by atoms with Crippen LogP contribution in [-0.2, 0) is 32.2 Å². The lowest BCUT2D eigenvalue weighted by atomic mass is 9.98. The van der Waals surface area contributed by atoms with Crippen LogP contribution in [0.1, 0.15) is 67.9 Å². The van der Waals surface area contributed by atoms with Crippen LogP contribution in [0.15, 0.2) is 96.2 Å². The van der Waals surface area contributed by atoms with Gasteiger partial charge in [0.1, 0.15) is 18.2 Å². The quantitative estimate of drug-likeness (QED) is 0.167. The second kappa shape index (κ2) is 15.1. The first-order valence-corrected chi connectivity index (χ1v) is 14.8. The predicted molar refractivity (Wildman–Crippen MR) is 166 cm³/mol. The molecule has 1 heterocycles. The number of hydrogen-bond donors (Lipinski definition) is 1. The molecule has 8 heteroatoms. The van der Waals surface area contributed by atoms with Gasteiger partial charge in [0, 0.05) is 18.5 Å². The van der Waals surface area contributed by atoms with E-state index in [1.807, 2.05) is 99.6 Å². The van der Waals surface area contributed by atoms with Gasteiger partial charge in [0.15, 0.2) is 0 Å². The van der Waals surface area contributed by atoms with Crippen LogP contribution in [0.3, 0.4) is 0 Å². The summed E-state index contributed by atoms with van der Waals surface area (Å²) in [5.74, 6) is -0.777. The molecule has 0 aromatic heterocycles. The van der Waals surface area contributed by atoms with Crippen molar-refractivity contribution in [2.75, 3.05) is 6.54 Å². The Bertz CT molecular complexity index is 1370. The van der Waals surface area contributed by atoms with Gasteiger partial charge in [-0.25, -0.2) is 4.79 Å². The second-order valence-corrected chi connectivity index (χ2v) is 11.7. The molecular weight excluding hydrogens is 542 g/mol. The van der Waals surface area contributed by atoms with Gasteiger partial charge in [0.05, 0.1) is 11.8 Å². The highest BCUT2D eigenvalue weighted by atomic mass is 16.6. The fourth-order valence-electron chi connectivity index (χ4n) is 5.04. The van der Waals surface area contributed by atoms with E-state index in [1.54, 1.807) is 17.0 Å². The Labute approximate surface area is 254 Å². The summed E-state index contributed by atoms with van der Waals surface area (Å²) in [5.41, 5.74) is 2.40. The van der Waals surface area contributed by atoms with Crippen molar-refractivity contribution in [2.24, 2.45) is 5.16 Å². The summed E-state index contributed by atoms with van der Waals surface area (Å²) in [6, 6.07) is 27.4. The van der Waals surface area contributed by atoms with Gasteiger partial charge < -0.3 is 19.8 Å². The number of hydrogen-bond acceptors (Lipinski definition) is 6. The van der Waals surface area contributed by atoms with Crippen molar-refractivity contribution >= 4 is 23.5 Å². The summed E-state index contributed by atoms with van der Waals surface area (Å²) in [4.78, 5) is 47.0. The summed E-state index contributed by atoms with van der Waals surface area (Å²) in [6.45, 7) is 6.20. The predicted octanol–water partition coefficient (Wildman–Crippen LogP) is 5.71. The molecule has 1 saturated heterocycles. The van der Waals surface area contributed by atoms with E-state index >= 15 is 0 Å². The number of amides is 2. The van der Waals surface area contributed by atoms with E-state index < -0.39 is 17.7 Å². The minimum atomic E-state index is -0.633. The van der Waals surface area contributed by atoms with E-state index in [4.69, 9.17) is 9.57 Å². The molecule has 43 heavy (non-hydrogen) atoms. The van der Waals surface area contributed by atoms with Gasteiger partial charge in [-0.1, -0.05) is 84.0 Å². The van der Waals surface area contributed by atoms with E-state index in [9.17, 15) is 14.4 Å². The van der Waals surface area contributed by atoms with E-state index in [2.05, 4.69) is 10.5 Å². The van der Waals surface area contributed by atoms with Crippen molar-refractivity contribution in [1.29, 1.82) is 0 Å². The first-order valence-electron chi connectivity index (χ1n) is 14.8. The van der Waals surface area contributed by atoms with Gasteiger partial charge in [-0.05, 0) is 69.7 Å². The average molecular weight is 584 g/mol. The number of nitrogens with zero attached hydrogens (tertiary/aromatic N) is 2. The number of benzene rings is 3. The Morgan fingerprint density at radius 3 is 2.12 bits per heavy atom. The minimum Gasteiger partial charge on any atom is -0.458 e. The molecule has 1 N–H and O–H groups in total. The Hall–Kier alpha value is -4.46. The summed E-state index contributed by atoms with van der Waals surface area (Å²) in [7, 11) is 0. The van der Waals surface area contributed by atoms with Crippen LogP contribution in [0, 0.1) is 0 Å². The van der Waals surface area contributed by atoms with Crippen molar-refractivity contribution in [3.05, 3.63) is 108 Å². The largest absolute Gasteiger partial charge is 0.458 e. The number of ether oxygens (including phenoxy) is 1. The smallest absolute Gasteiger partial charge is 0.329 e. The molecule has 0 saturated carbocycles. The molecule has 3 aromatic rings. The van der Waals surface area contributed by atoms with Gasteiger partial charge >= 0.3 is 5.97 Å². The maximum atomic E-state index is 13.5. The molecule has 1 aliphatic rings. The maximum Gasteiger partial charge on any atom is 0.329 e. The number of esters is 1.